The fourth-order valence-electron chi connectivity index (χ4n) is 0.946. The van der Waals surface area contributed by atoms with Crippen LogP contribution in [0.1, 0.15) is 6.42 Å². The largest absolute Gasteiger partial charge is 0.387 e. The molecule has 0 fully saturated rings. The van der Waals surface area contributed by atoms with Gasteiger partial charge >= 0.3 is 0 Å². The monoisotopic (exact) mass is 241 g/mol. The topological polar surface area (TPSA) is 30.0 Å². The van der Waals surface area contributed by atoms with Crippen molar-refractivity contribution >= 4 is 0 Å². The predicted octanol–water partition coefficient (Wildman–Crippen LogP) is 1.32. The Morgan fingerprint density at radius 1 is 0.800 bits per heavy atom. The van der Waals surface area contributed by atoms with E-state index in [4.69, 9.17) is 0 Å². The Labute approximate surface area is 80.9 Å². The summed E-state index contributed by atoms with van der Waals surface area (Å²) in [5.74, 6) is 0. The Bertz CT molecular complexity index is 170. The van der Waals surface area contributed by atoms with Gasteiger partial charge in [-0.15, -0.1) is 26.9 Å². The van der Waals surface area contributed by atoms with Gasteiger partial charge < -0.3 is 5.11 Å². The minimum Gasteiger partial charge on any atom is -0.387 e. The second-order valence-electron chi connectivity index (χ2n) is 2.92. The van der Waals surface area contributed by atoms with Crippen molar-refractivity contribution in [1.29, 1.82) is 0 Å². The van der Waals surface area contributed by atoms with Crippen LogP contribution in [0.4, 0.5) is 26.9 Å². The summed E-state index contributed by atoms with van der Waals surface area (Å²) in [5.41, 5.74) is -2.59. The molecule has 0 atom stereocenters. The molecule has 0 unspecified atom stereocenters. The number of hydrogen-bond donors (Lipinski definition) is 1. The third-order valence-corrected chi connectivity index (χ3v) is 1.57. The molecular formula is C5H9F6N3O. The number of rotatable bonds is 7. The van der Waals surface area contributed by atoms with Crippen LogP contribution in [-0.4, -0.2) is 46.4 Å². The minimum absolute atomic E-state index is 0.908. The second-order valence-corrected chi connectivity index (χ2v) is 2.92. The predicted molar refractivity (Wildman–Crippen MR) is 36.3 cm³/mol. The normalized spacial score (nSPS) is 13.2. The van der Waals surface area contributed by atoms with Crippen molar-refractivity contribution in [2.24, 2.45) is 0 Å². The first-order valence-electron chi connectivity index (χ1n) is 3.75. The minimum atomic E-state index is -2.59. The van der Waals surface area contributed by atoms with Crippen LogP contribution in [-0.2, 0) is 0 Å². The van der Waals surface area contributed by atoms with Crippen LogP contribution in [0, 0.1) is 0 Å². The molecule has 92 valence electrons. The standard InChI is InChI=1S/C5H9F6N3O/c6-12(7)2-1-5(15,3-13(8)9)4-14(10)11/h15H,1-4H2. The fourth-order valence-corrected chi connectivity index (χ4v) is 0.946. The van der Waals surface area contributed by atoms with Crippen molar-refractivity contribution in [2.75, 3.05) is 19.6 Å². The van der Waals surface area contributed by atoms with Crippen LogP contribution in [0.5, 0.6) is 0 Å². The maximum Gasteiger partial charge on any atom is 0.102 e. The zero-order chi connectivity index (χ0) is 12.1. The van der Waals surface area contributed by atoms with Gasteiger partial charge in [0.15, 0.2) is 0 Å². The number of nitrogens with zero attached hydrogens (tertiary/aromatic N) is 3. The van der Waals surface area contributed by atoms with Gasteiger partial charge in [-0.1, -0.05) is 0 Å². The molecule has 0 aromatic carbocycles. The molecule has 0 rings (SSSR count). The lowest BCUT2D eigenvalue weighted by Gasteiger charge is -2.27. The van der Waals surface area contributed by atoms with Crippen molar-refractivity contribution < 1.29 is 32.0 Å². The van der Waals surface area contributed by atoms with Gasteiger partial charge in [0.1, 0.15) is 5.60 Å². The highest BCUT2D eigenvalue weighted by molar-refractivity contribution is 4.80. The highest BCUT2D eigenvalue weighted by Crippen LogP contribution is 2.17. The molecule has 15 heavy (non-hydrogen) atoms. The molecule has 0 aliphatic carbocycles. The lowest BCUT2D eigenvalue weighted by atomic mass is 10.0. The summed E-state index contributed by atoms with van der Waals surface area (Å²) in [4.78, 5) is 0. The molecule has 0 radical (unpaired) electrons. The van der Waals surface area contributed by atoms with Crippen molar-refractivity contribution in [2.45, 2.75) is 12.0 Å². The van der Waals surface area contributed by atoms with Crippen molar-refractivity contribution in [1.82, 2.24) is 16.0 Å². The molecule has 0 spiro atoms. The van der Waals surface area contributed by atoms with Crippen LogP contribution in [0.2, 0.25) is 0 Å². The van der Waals surface area contributed by atoms with E-state index in [2.05, 4.69) is 0 Å². The van der Waals surface area contributed by atoms with Crippen LogP contribution < -0.4 is 0 Å². The van der Waals surface area contributed by atoms with Gasteiger partial charge in [-0.25, -0.2) is 0 Å². The summed E-state index contributed by atoms with van der Waals surface area (Å²) in [7, 11) is 0. The van der Waals surface area contributed by atoms with Gasteiger partial charge in [0.05, 0.1) is 19.6 Å². The van der Waals surface area contributed by atoms with Gasteiger partial charge in [-0.3, -0.25) is 0 Å². The zero-order valence-corrected chi connectivity index (χ0v) is 7.39. The third kappa shape index (κ3) is 7.36. The summed E-state index contributed by atoms with van der Waals surface area (Å²) >= 11 is 0. The van der Waals surface area contributed by atoms with E-state index in [1.54, 1.807) is 0 Å². The first kappa shape index (κ1) is 14.4. The fraction of sp³-hybridized carbons (Fsp3) is 1.00. The summed E-state index contributed by atoms with van der Waals surface area (Å²) < 4.78 is 70.0. The summed E-state index contributed by atoms with van der Waals surface area (Å²) in [5, 5.41) is 4.74. The highest BCUT2D eigenvalue weighted by Gasteiger charge is 2.34. The van der Waals surface area contributed by atoms with Crippen LogP contribution in [0.3, 0.4) is 0 Å². The second kappa shape index (κ2) is 6.10. The number of aliphatic hydroxyl groups is 1. The molecule has 1 N–H and O–H groups in total. The number of hydrogen-bond acceptors (Lipinski definition) is 4. The first-order chi connectivity index (χ1) is 6.75. The zero-order valence-electron chi connectivity index (χ0n) is 7.39. The number of halogens is 6. The molecule has 0 bridgehead atoms. The van der Waals surface area contributed by atoms with Crippen LogP contribution in [0.15, 0.2) is 0 Å². The summed E-state index contributed by atoms with van der Waals surface area (Å²) in [6.07, 6.45) is -0.908. The summed E-state index contributed by atoms with van der Waals surface area (Å²) in [6.45, 7) is -3.96. The Morgan fingerprint density at radius 2 is 1.20 bits per heavy atom. The first-order valence-corrected chi connectivity index (χ1v) is 3.75. The van der Waals surface area contributed by atoms with E-state index in [0.29, 0.717) is 0 Å². The van der Waals surface area contributed by atoms with E-state index >= 15 is 0 Å². The highest BCUT2D eigenvalue weighted by atomic mass is 19.4. The van der Waals surface area contributed by atoms with E-state index in [0.717, 1.165) is 0 Å². The average Bonchev–Trinajstić information content (AvgIpc) is 1.97. The Balaban J connectivity index is 4.26. The SMILES string of the molecule is OC(CCN(F)F)(CN(F)F)CN(F)F. The van der Waals surface area contributed by atoms with E-state index in [1.165, 1.54) is 0 Å². The van der Waals surface area contributed by atoms with Gasteiger partial charge in [0.2, 0.25) is 0 Å². The van der Waals surface area contributed by atoms with E-state index in [1.807, 2.05) is 0 Å². The van der Waals surface area contributed by atoms with Gasteiger partial charge in [-0.2, -0.15) is 0 Å². The Hall–Kier alpha value is -0.580. The van der Waals surface area contributed by atoms with Crippen molar-refractivity contribution in [3.63, 3.8) is 0 Å². The molecule has 0 saturated heterocycles. The molecule has 0 saturated carbocycles. The van der Waals surface area contributed by atoms with Crippen LogP contribution in [0.25, 0.3) is 0 Å². The maximum absolute atomic E-state index is 11.7. The van der Waals surface area contributed by atoms with E-state index in [-0.39, 0.29) is 0 Å². The van der Waals surface area contributed by atoms with Crippen LogP contribution >= 0.6 is 0 Å². The molecule has 0 aliphatic heterocycles. The molecule has 0 aromatic rings. The van der Waals surface area contributed by atoms with Gasteiger partial charge in [0.25, 0.3) is 0 Å². The molecular weight excluding hydrogens is 232 g/mol. The molecule has 0 aromatic heterocycles. The Kier molecular flexibility index (Phi) is 5.87. The Morgan fingerprint density at radius 3 is 1.47 bits per heavy atom. The molecule has 0 amide bonds. The maximum atomic E-state index is 11.7. The summed E-state index contributed by atoms with van der Waals surface area (Å²) in [6, 6.07) is 0. The van der Waals surface area contributed by atoms with E-state index < -0.39 is 47.7 Å². The molecule has 10 heteroatoms. The van der Waals surface area contributed by atoms with Crippen molar-refractivity contribution in [3.8, 4) is 0 Å². The smallest absolute Gasteiger partial charge is 0.102 e. The average molecular weight is 241 g/mol. The quantitative estimate of drug-likeness (QED) is 0.538. The van der Waals surface area contributed by atoms with Gasteiger partial charge in [-0.05, 0) is 6.42 Å². The van der Waals surface area contributed by atoms with Crippen molar-refractivity contribution in [3.05, 3.63) is 0 Å². The molecule has 0 aliphatic rings. The third-order valence-electron chi connectivity index (χ3n) is 1.57. The lowest BCUT2D eigenvalue weighted by Crippen LogP contribution is -2.46. The lowest BCUT2D eigenvalue weighted by molar-refractivity contribution is -0.238. The van der Waals surface area contributed by atoms with Gasteiger partial charge in [0, 0.05) is 16.0 Å². The van der Waals surface area contributed by atoms with E-state index in [9.17, 15) is 32.0 Å². The molecule has 4 nitrogen and oxygen atoms in total. The molecule has 0 heterocycles.